The molecule has 2 rings (SSSR count). The number of hydrogen-bond acceptors (Lipinski definition) is 3. The SMILES string of the molecule is Cc1c(C(=O)Nc2cccc(C(C)C(=O)O)c2)cnn1C(C)C. The van der Waals surface area contributed by atoms with Crippen LogP contribution in [0.4, 0.5) is 5.69 Å². The van der Waals surface area contributed by atoms with Crippen LogP contribution in [-0.2, 0) is 4.79 Å². The number of aliphatic carboxylic acids is 1. The number of benzene rings is 1. The van der Waals surface area contributed by atoms with Crippen molar-refractivity contribution in [1.29, 1.82) is 0 Å². The van der Waals surface area contributed by atoms with Gasteiger partial charge in [-0.15, -0.1) is 0 Å². The van der Waals surface area contributed by atoms with E-state index in [2.05, 4.69) is 10.4 Å². The number of carbonyl (C=O) groups is 2. The molecular weight excluding hydrogens is 294 g/mol. The van der Waals surface area contributed by atoms with Crippen LogP contribution in [0.1, 0.15) is 54.3 Å². The summed E-state index contributed by atoms with van der Waals surface area (Å²) >= 11 is 0. The molecule has 6 heteroatoms. The third-order valence-corrected chi connectivity index (χ3v) is 3.79. The quantitative estimate of drug-likeness (QED) is 0.887. The van der Waals surface area contributed by atoms with Crippen molar-refractivity contribution < 1.29 is 14.7 Å². The van der Waals surface area contributed by atoms with Gasteiger partial charge in [0.15, 0.2) is 0 Å². The lowest BCUT2D eigenvalue weighted by Gasteiger charge is -2.11. The molecule has 1 aromatic carbocycles. The summed E-state index contributed by atoms with van der Waals surface area (Å²) in [6, 6.07) is 7.05. The van der Waals surface area contributed by atoms with Gasteiger partial charge in [0, 0.05) is 17.4 Å². The van der Waals surface area contributed by atoms with Gasteiger partial charge in [0.05, 0.1) is 17.7 Å². The van der Waals surface area contributed by atoms with Crippen LogP contribution in [0.15, 0.2) is 30.5 Å². The molecule has 2 N–H and O–H groups in total. The van der Waals surface area contributed by atoms with Crippen LogP contribution in [-0.4, -0.2) is 26.8 Å². The molecule has 0 aliphatic carbocycles. The van der Waals surface area contributed by atoms with Gasteiger partial charge < -0.3 is 10.4 Å². The number of carboxylic acids is 1. The summed E-state index contributed by atoms with van der Waals surface area (Å²) in [6.45, 7) is 7.46. The molecule has 1 atom stereocenters. The Morgan fingerprint density at radius 2 is 1.96 bits per heavy atom. The summed E-state index contributed by atoms with van der Waals surface area (Å²) in [5, 5.41) is 16.1. The second-order valence-corrected chi connectivity index (χ2v) is 5.82. The number of nitrogens with zero attached hydrogens (tertiary/aromatic N) is 2. The lowest BCUT2D eigenvalue weighted by atomic mass is 10.0. The maximum absolute atomic E-state index is 12.4. The zero-order valence-electron chi connectivity index (χ0n) is 13.7. The third kappa shape index (κ3) is 3.59. The minimum absolute atomic E-state index is 0.177. The van der Waals surface area contributed by atoms with Crippen molar-refractivity contribution in [2.75, 3.05) is 5.32 Å². The van der Waals surface area contributed by atoms with Crippen molar-refractivity contribution in [3.05, 3.63) is 47.3 Å². The second kappa shape index (κ2) is 6.64. The van der Waals surface area contributed by atoms with E-state index in [1.54, 1.807) is 42.1 Å². The van der Waals surface area contributed by atoms with E-state index in [1.165, 1.54) is 0 Å². The number of aromatic nitrogens is 2. The molecule has 0 radical (unpaired) electrons. The number of amides is 1. The van der Waals surface area contributed by atoms with Crippen LogP contribution in [0, 0.1) is 6.92 Å². The minimum Gasteiger partial charge on any atom is -0.481 e. The van der Waals surface area contributed by atoms with Gasteiger partial charge in [-0.3, -0.25) is 14.3 Å². The topological polar surface area (TPSA) is 84.2 Å². The molecule has 1 amide bonds. The molecule has 0 aliphatic heterocycles. The zero-order chi connectivity index (χ0) is 17.1. The van der Waals surface area contributed by atoms with E-state index in [-0.39, 0.29) is 11.9 Å². The van der Waals surface area contributed by atoms with Crippen LogP contribution in [0.3, 0.4) is 0 Å². The van der Waals surface area contributed by atoms with Crippen molar-refractivity contribution in [1.82, 2.24) is 9.78 Å². The number of hydrogen-bond donors (Lipinski definition) is 2. The van der Waals surface area contributed by atoms with Crippen molar-refractivity contribution in [3.8, 4) is 0 Å². The molecular formula is C17H21N3O3. The third-order valence-electron chi connectivity index (χ3n) is 3.79. The van der Waals surface area contributed by atoms with Gasteiger partial charge in [-0.2, -0.15) is 5.10 Å². The van der Waals surface area contributed by atoms with Gasteiger partial charge in [-0.1, -0.05) is 12.1 Å². The molecule has 0 fully saturated rings. The van der Waals surface area contributed by atoms with Crippen LogP contribution in [0.25, 0.3) is 0 Å². The summed E-state index contributed by atoms with van der Waals surface area (Å²) < 4.78 is 1.79. The highest BCUT2D eigenvalue weighted by Gasteiger charge is 2.17. The first-order chi connectivity index (χ1) is 10.8. The number of nitrogens with one attached hydrogen (secondary N) is 1. The number of carbonyl (C=O) groups excluding carboxylic acids is 1. The lowest BCUT2D eigenvalue weighted by Crippen LogP contribution is -2.14. The predicted octanol–water partition coefficient (Wildman–Crippen LogP) is 3.21. The molecule has 122 valence electrons. The van der Waals surface area contributed by atoms with E-state index in [4.69, 9.17) is 5.11 Å². The number of anilines is 1. The van der Waals surface area contributed by atoms with E-state index in [1.807, 2.05) is 20.8 Å². The van der Waals surface area contributed by atoms with Gasteiger partial charge in [-0.05, 0) is 45.4 Å². The normalized spacial score (nSPS) is 12.2. The Hall–Kier alpha value is -2.63. The van der Waals surface area contributed by atoms with Crippen LogP contribution in [0.2, 0.25) is 0 Å². The van der Waals surface area contributed by atoms with E-state index in [0.29, 0.717) is 16.8 Å². The summed E-state index contributed by atoms with van der Waals surface area (Å²) in [5.41, 5.74) is 2.52. The molecule has 0 aliphatic rings. The molecule has 0 bridgehead atoms. The average molecular weight is 315 g/mol. The monoisotopic (exact) mass is 315 g/mol. The predicted molar refractivity (Wildman–Crippen MR) is 87.8 cm³/mol. The molecule has 1 unspecified atom stereocenters. The number of carboxylic acid groups (broad SMARTS) is 1. The molecule has 1 aromatic heterocycles. The van der Waals surface area contributed by atoms with Gasteiger partial charge in [0.1, 0.15) is 0 Å². The molecule has 23 heavy (non-hydrogen) atoms. The molecule has 0 spiro atoms. The summed E-state index contributed by atoms with van der Waals surface area (Å²) in [7, 11) is 0. The maximum atomic E-state index is 12.4. The summed E-state index contributed by atoms with van der Waals surface area (Å²) in [5.74, 6) is -1.78. The highest BCUT2D eigenvalue weighted by molar-refractivity contribution is 6.05. The maximum Gasteiger partial charge on any atom is 0.310 e. The molecule has 0 saturated heterocycles. The smallest absolute Gasteiger partial charge is 0.310 e. The fourth-order valence-corrected chi connectivity index (χ4v) is 2.39. The van der Waals surface area contributed by atoms with Gasteiger partial charge >= 0.3 is 5.97 Å². The van der Waals surface area contributed by atoms with Crippen LogP contribution >= 0.6 is 0 Å². The Bertz CT molecular complexity index is 734. The Kier molecular flexibility index (Phi) is 4.83. The fraction of sp³-hybridized carbons (Fsp3) is 0.353. The lowest BCUT2D eigenvalue weighted by molar-refractivity contribution is -0.138. The van der Waals surface area contributed by atoms with E-state index in [0.717, 1.165) is 5.69 Å². The van der Waals surface area contributed by atoms with E-state index >= 15 is 0 Å². The van der Waals surface area contributed by atoms with Gasteiger partial charge in [-0.25, -0.2) is 0 Å². The second-order valence-electron chi connectivity index (χ2n) is 5.82. The summed E-state index contributed by atoms with van der Waals surface area (Å²) in [6.07, 6.45) is 1.55. The van der Waals surface area contributed by atoms with E-state index < -0.39 is 11.9 Å². The van der Waals surface area contributed by atoms with Gasteiger partial charge in [0.2, 0.25) is 0 Å². The number of rotatable bonds is 5. The van der Waals surface area contributed by atoms with Crippen LogP contribution < -0.4 is 5.32 Å². The Morgan fingerprint density at radius 3 is 2.52 bits per heavy atom. The summed E-state index contributed by atoms with van der Waals surface area (Å²) in [4.78, 5) is 23.5. The Balaban J connectivity index is 2.21. The van der Waals surface area contributed by atoms with Crippen molar-refractivity contribution in [2.45, 2.75) is 39.7 Å². The highest BCUT2D eigenvalue weighted by atomic mass is 16.4. The average Bonchev–Trinajstić information content (AvgIpc) is 2.88. The van der Waals surface area contributed by atoms with Crippen molar-refractivity contribution >= 4 is 17.6 Å². The largest absolute Gasteiger partial charge is 0.481 e. The first-order valence-electron chi connectivity index (χ1n) is 7.49. The standard InChI is InChI=1S/C17H21N3O3/c1-10(2)20-12(4)15(9-18-20)16(21)19-14-7-5-6-13(8-14)11(3)17(22)23/h5-11H,1-4H3,(H,19,21)(H,22,23). The van der Waals surface area contributed by atoms with Crippen LogP contribution in [0.5, 0.6) is 0 Å². The first kappa shape index (κ1) is 16.7. The molecule has 1 heterocycles. The van der Waals surface area contributed by atoms with Crippen molar-refractivity contribution in [3.63, 3.8) is 0 Å². The van der Waals surface area contributed by atoms with E-state index in [9.17, 15) is 9.59 Å². The fourth-order valence-electron chi connectivity index (χ4n) is 2.39. The zero-order valence-corrected chi connectivity index (χ0v) is 13.7. The van der Waals surface area contributed by atoms with Gasteiger partial charge in [0.25, 0.3) is 5.91 Å². The molecule has 6 nitrogen and oxygen atoms in total. The Morgan fingerprint density at radius 1 is 1.26 bits per heavy atom. The Labute approximate surface area is 135 Å². The minimum atomic E-state index is -0.900. The highest BCUT2D eigenvalue weighted by Crippen LogP contribution is 2.21. The molecule has 2 aromatic rings. The molecule has 0 saturated carbocycles. The van der Waals surface area contributed by atoms with Crippen molar-refractivity contribution in [2.24, 2.45) is 0 Å². The first-order valence-corrected chi connectivity index (χ1v) is 7.49.